The maximum absolute atomic E-state index is 13.1. The molecule has 2 N–H and O–H groups in total. The fourth-order valence-electron chi connectivity index (χ4n) is 1.96. The van der Waals surface area contributed by atoms with Crippen LogP contribution >= 0.6 is 27.5 Å². The quantitative estimate of drug-likeness (QED) is 0.873. The molecule has 0 spiro atoms. The maximum Gasteiger partial charge on any atom is 0.416 e. The second-order valence-electron chi connectivity index (χ2n) is 4.21. The number of aryl methyl sites for hydroxylation is 1. The zero-order valence-electron chi connectivity index (χ0n) is 10.2. The van der Waals surface area contributed by atoms with Crippen LogP contribution in [0.15, 0.2) is 28.9 Å². The highest BCUT2D eigenvalue weighted by Gasteiger charge is 2.36. The number of benzene rings is 1. The van der Waals surface area contributed by atoms with E-state index in [2.05, 4.69) is 21.0 Å². The molecule has 1 atom stereocenters. The molecule has 108 valence electrons. The SMILES string of the molecule is Cn1ncc(Cl)c1C(N)c1ccc(Br)cc1C(F)(F)F. The second-order valence-corrected chi connectivity index (χ2v) is 5.53. The van der Waals surface area contributed by atoms with E-state index in [4.69, 9.17) is 17.3 Å². The molecule has 0 bridgehead atoms. The Kier molecular flexibility index (Phi) is 4.13. The lowest BCUT2D eigenvalue weighted by Crippen LogP contribution is -2.21. The van der Waals surface area contributed by atoms with Gasteiger partial charge in [0.1, 0.15) is 0 Å². The Balaban J connectivity index is 2.58. The number of alkyl halides is 3. The smallest absolute Gasteiger partial charge is 0.319 e. The van der Waals surface area contributed by atoms with Crippen molar-refractivity contribution in [3.05, 3.63) is 50.7 Å². The van der Waals surface area contributed by atoms with Gasteiger partial charge in [-0.2, -0.15) is 18.3 Å². The summed E-state index contributed by atoms with van der Waals surface area (Å²) in [7, 11) is 1.58. The molecule has 3 nitrogen and oxygen atoms in total. The number of hydrogen-bond acceptors (Lipinski definition) is 2. The number of halogens is 5. The van der Waals surface area contributed by atoms with Crippen molar-refractivity contribution in [1.82, 2.24) is 9.78 Å². The first kappa shape index (κ1) is 15.3. The first-order valence-corrected chi connectivity index (χ1v) is 6.68. The maximum atomic E-state index is 13.1. The fraction of sp³-hybridized carbons (Fsp3) is 0.250. The van der Waals surface area contributed by atoms with Crippen LogP contribution in [-0.2, 0) is 13.2 Å². The van der Waals surface area contributed by atoms with Crippen LogP contribution in [0.5, 0.6) is 0 Å². The molecule has 0 fully saturated rings. The third-order valence-electron chi connectivity index (χ3n) is 2.89. The Morgan fingerprint density at radius 1 is 1.40 bits per heavy atom. The number of aromatic nitrogens is 2. The molecule has 0 aliphatic rings. The molecule has 2 aromatic rings. The number of nitrogens with two attached hydrogens (primary N) is 1. The van der Waals surface area contributed by atoms with Crippen LogP contribution in [0, 0.1) is 0 Å². The van der Waals surface area contributed by atoms with E-state index in [1.165, 1.54) is 23.0 Å². The van der Waals surface area contributed by atoms with E-state index in [0.29, 0.717) is 10.2 Å². The zero-order chi connectivity index (χ0) is 15.1. The molecule has 0 saturated heterocycles. The molecule has 1 aromatic carbocycles. The summed E-state index contributed by atoms with van der Waals surface area (Å²) in [6.45, 7) is 0. The predicted octanol–water partition coefficient (Wildman–Crippen LogP) is 3.90. The molecular formula is C12H10BrClF3N3. The molecule has 1 heterocycles. The number of hydrogen-bond donors (Lipinski definition) is 1. The van der Waals surface area contributed by atoms with Gasteiger partial charge in [0.05, 0.1) is 28.5 Å². The summed E-state index contributed by atoms with van der Waals surface area (Å²) >= 11 is 8.97. The highest BCUT2D eigenvalue weighted by molar-refractivity contribution is 9.10. The first-order chi connectivity index (χ1) is 9.21. The molecule has 0 aliphatic heterocycles. The Morgan fingerprint density at radius 2 is 2.05 bits per heavy atom. The van der Waals surface area contributed by atoms with E-state index < -0.39 is 17.8 Å². The van der Waals surface area contributed by atoms with E-state index in [1.807, 2.05) is 0 Å². The van der Waals surface area contributed by atoms with Crippen molar-refractivity contribution < 1.29 is 13.2 Å². The van der Waals surface area contributed by atoms with E-state index in [9.17, 15) is 13.2 Å². The van der Waals surface area contributed by atoms with Crippen molar-refractivity contribution in [3.63, 3.8) is 0 Å². The number of nitrogens with zero attached hydrogens (tertiary/aromatic N) is 2. The van der Waals surface area contributed by atoms with Crippen molar-refractivity contribution in [3.8, 4) is 0 Å². The largest absolute Gasteiger partial charge is 0.416 e. The monoisotopic (exact) mass is 367 g/mol. The summed E-state index contributed by atoms with van der Waals surface area (Å²) in [5, 5.41) is 4.12. The Hall–Kier alpha value is -1.05. The second kappa shape index (κ2) is 5.38. The average Bonchev–Trinajstić information content (AvgIpc) is 2.67. The van der Waals surface area contributed by atoms with E-state index in [0.717, 1.165) is 6.07 Å². The van der Waals surface area contributed by atoms with E-state index in [-0.39, 0.29) is 10.6 Å². The molecule has 0 amide bonds. The highest BCUT2D eigenvalue weighted by atomic mass is 79.9. The highest BCUT2D eigenvalue weighted by Crippen LogP contribution is 2.38. The summed E-state index contributed by atoms with van der Waals surface area (Å²) in [6.07, 6.45) is -3.15. The lowest BCUT2D eigenvalue weighted by atomic mass is 9.98. The molecular weight excluding hydrogens is 359 g/mol. The van der Waals surface area contributed by atoms with Crippen molar-refractivity contribution >= 4 is 27.5 Å². The minimum atomic E-state index is -4.50. The summed E-state index contributed by atoms with van der Waals surface area (Å²) in [5.74, 6) is 0. The lowest BCUT2D eigenvalue weighted by molar-refractivity contribution is -0.138. The van der Waals surface area contributed by atoms with Crippen molar-refractivity contribution in [1.29, 1.82) is 0 Å². The Bertz CT molecular complexity index is 620. The van der Waals surface area contributed by atoms with Gasteiger partial charge in [-0.05, 0) is 17.7 Å². The van der Waals surface area contributed by atoms with Crippen LogP contribution in [0.3, 0.4) is 0 Å². The van der Waals surface area contributed by atoms with Crippen LogP contribution in [0.4, 0.5) is 13.2 Å². The number of rotatable bonds is 2. The van der Waals surface area contributed by atoms with Gasteiger partial charge in [-0.25, -0.2) is 0 Å². The van der Waals surface area contributed by atoms with Gasteiger partial charge in [-0.1, -0.05) is 33.6 Å². The molecule has 2 rings (SSSR count). The fourth-order valence-corrected chi connectivity index (χ4v) is 2.61. The normalized spacial score (nSPS) is 13.6. The molecule has 0 saturated carbocycles. The average molecular weight is 369 g/mol. The van der Waals surface area contributed by atoms with Crippen LogP contribution < -0.4 is 5.73 Å². The summed E-state index contributed by atoms with van der Waals surface area (Å²) in [6, 6.07) is 2.83. The van der Waals surface area contributed by atoms with Gasteiger partial charge in [0.15, 0.2) is 0 Å². The molecule has 1 aromatic heterocycles. The van der Waals surface area contributed by atoms with E-state index >= 15 is 0 Å². The van der Waals surface area contributed by atoms with Gasteiger partial charge in [0.2, 0.25) is 0 Å². The van der Waals surface area contributed by atoms with Crippen LogP contribution in [0.2, 0.25) is 5.02 Å². The van der Waals surface area contributed by atoms with Gasteiger partial charge in [0.25, 0.3) is 0 Å². The third-order valence-corrected chi connectivity index (χ3v) is 3.67. The van der Waals surface area contributed by atoms with Crippen molar-refractivity contribution in [2.75, 3.05) is 0 Å². The van der Waals surface area contributed by atoms with Gasteiger partial charge in [-0.3, -0.25) is 4.68 Å². The molecule has 0 radical (unpaired) electrons. The van der Waals surface area contributed by atoms with Gasteiger partial charge in [-0.15, -0.1) is 0 Å². The van der Waals surface area contributed by atoms with Gasteiger partial charge in [0, 0.05) is 11.5 Å². The minimum Gasteiger partial charge on any atom is -0.319 e. The Labute approximate surface area is 126 Å². The molecule has 0 aliphatic carbocycles. The summed E-state index contributed by atoms with van der Waals surface area (Å²) in [4.78, 5) is 0. The minimum absolute atomic E-state index is 0.0498. The van der Waals surface area contributed by atoms with Crippen molar-refractivity contribution in [2.24, 2.45) is 12.8 Å². The van der Waals surface area contributed by atoms with Crippen molar-refractivity contribution in [2.45, 2.75) is 12.2 Å². The van der Waals surface area contributed by atoms with Crippen LogP contribution in [0.1, 0.15) is 22.9 Å². The van der Waals surface area contributed by atoms with E-state index in [1.54, 1.807) is 7.05 Å². The molecule has 20 heavy (non-hydrogen) atoms. The lowest BCUT2D eigenvalue weighted by Gasteiger charge is -2.19. The topological polar surface area (TPSA) is 43.8 Å². The standard InChI is InChI=1S/C12H10BrClF3N3/c1-20-11(9(14)5-19-20)10(18)7-3-2-6(13)4-8(7)12(15,16)17/h2-5,10H,18H2,1H3. The summed E-state index contributed by atoms with van der Waals surface area (Å²) in [5.41, 5.74) is 5.44. The third kappa shape index (κ3) is 2.84. The van der Waals surface area contributed by atoms with Crippen LogP contribution in [-0.4, -0.2) is 9.78 Å². The summed E-state index contributed by atoms with van der Waals surface area (Å²) < 4.78 is 41.0. The van der Waals surface area contributed by atoms with Gasteiger partial charge >= 0.3 is 6.18 Å². The Morgan fingerprint density at radius 3 is 2.55 bits per heavy atom. The molecule has 8 heteroatoms. The molecule has 1 unspecified atom stereocenters. The van der Waals surface area contributed by atoms with Crippen LogP contribution in [0.25, 0.3) is 0 Å². The first-order valence-electron chi connectivity index (χ1n) is 5.51. The zero-order valence-corrected chi connectivity index (χ0v) is 12.6. The van der Waals surface area contributed by atoms with Gasteiger partial charge < -0.3 is 5.73 Å². The predicted molar refractivity (Wildman–Crippen MR) is 73.4 cm³/mol.